The fourth-order valence-corrected chi connectivity index (χ4v) is 1.81. The molecule has 0 aliphatic carbocycles. The molecule has 0 aromatic heterocycles. The maximum Gasteiger partial charge on any atom is 1.00 e. The molecule has 0 radical (unpaired) electrons. The smallest absolute Gasteiger partial charge is 0.652 e. The maximum absolute atomic E-state index is 5.13. The first-order valence-corrected chi connectivity index (χ1v) is 6.14. The van der Waals surface area contributed by atoms with Gasteiger partial charge in [0, 0.05) is 0 Å². The van der Waals surface area contributed by atoms with E-state index in [4.69, 9.17) is 4.74 Å². The molecule has 0 saturated carbocycles. The van der Waals surface area contributed by atoms with Crippen LogP contribution in [0.5, 0.6) is 5.75 Å². The third-order valence-electron chi connectivity index (χ3n) is 2.99. The van der Waals surface area contributed by atoms with Gasteiger partial charge in [0.05, 0.1) is 7.11 Å². The molecule has 0 N–H and O–H groups in total. The van der Waals surface area contributed by atoms with Crippen molar-refractivity contribution in [2.24, 2.45) is 0 Å². The number of ether oxygens (including phenoxy) is 1. The topological polar surface area (TPSA) is 23.3 Å². The zero-order valence-corrected chi connectivity index (χ0v) is 11.8. The van der Waals surface area contributed by atoms with Crippen LogP contribution in [0.2, 0.25) is 0 Å². The Hall–Kier alpha value is -1.20. The Morgan fingerprint density at radius 3 is 2.21 bits per heavy atom. The number of methoxy groups -OCH3 is 1. The molecule has 2 aromatic carbocycles. The van der Waals surface area contributed by atoms with E-state index < -0.39 is 0 Å². The first kappa shape index (κ1) is 15.9. The van der Waals surface area contributed by atoms with Gasteiger partial charge < -0.3 is 10.1 Å². The largest absolute Gasteiger partial charge is 1.00 e. The van der Waals surface area contributed by atoms with Gasteiger partial charge in [0.25, 0.3) is 0 Å². The minimum Gasteiger partial charge on any atom is -0.652 e. The Morgan fingerprint density at radius 2 is 1.63 bits per heavy atom. The summed E-state index contributed by atoms with van der Waals surface area (Å²) in [7, 11) is 1.68. The van der Waals surface area contributed by atoms with E-state index in [-0.39, 0.29) is 24.9 Å². The van der Waals surface area contributed by atoms with Crippen molar-refractivity contribution in [3.8, 4) is 5.75 Å². The van der Waals surface area contributed by atoms with E-state index in [1.807, 2.05) is 18.2 Å². The van der Waals surface area contributed by atoms with E-state index in [0.717, 1.165) is 12.3 Å². The molecule has 0 heterocycles. The predicted molar refractivity (Wildman–Crippen MR) is 74.9 cm³/mol. The maximum atomic E-state index is 5.13. The Morgan fingerprint density at radius 1 is 1.00 bits per heavy atom. The average Bonchev–Trinajstić information content (AvgIpc) is 2.46. The standard InChI is InChI=1S/C16H18NO.Li/c1-13(15-6-4-3-5-7-15)17-12-14-8-10-16(18-2)11-9-14;/h3-11,13H,12H2,1-2H3;/q-1;+1/t13-;/m0./s1. The van der Waals surface area contributed by atoms with E-state index in [1.54, 1.807) is 7.11 Å². The Labute approximate surface area is 127 Å². The molecule has 0 bridgehead atoms. The Kier molecular flexibility index (Phi) is 6.73. The summed E-state index contributed by atoms with van der Waals surface area (Å²) in [5.74, 6) is 0.884. The molecule has 2 nitrogen and oxygen atoms in total. The Bertz CT molecular complexity index is 470. The number of rotatable bonds is 5. The summed E-state index contributed by atoms with van der Waals surface area (Å²) in [6.45, 7) is 2.86. The number of nitrogens with zero attached hydrogens (tertiary/aromatic N) is 1. The molecule has 0 saturated heterocycles. The van der Waals surface area contributed by atoms with E-state index in [1.165, 1.54) is 11.1 Å². The zero-order chi connectivity index (χ0) is 12.8. The van der Waals surface area contributed by atoms with E-state index in [2.05, 4.69) is 48.6 Å². The van der Waals surface area contributed by atoms with Gasteiger partial charge in [-0.15, -0.1) is 12.6 Å². The van der Waals surface area contributed by atoms with Gasteiger partial charge >= 0.3 is 18.9 Å². The first-order valence-electron chi connectivity index (χ1n) is 6.14. The van der Waals surface area contributed by atoms with Crippen LogP contribution in [0, 0.1) is 0 Å². The van der Waals surface area contributed by atoms with Crippen molar-refractivity contribution in [3.05, 3.63) is 71.0 Å². The molecule has 0 fully saturated rings. The van der Waals surface area contributed by atoms with E-state index >= 15 is 0 Å². The molecule has 0 aliphatic heterocycles. The second-order valence-electron chi connectivity index (χ2n) is 4.28. The van der Waals surface area contributed by atoms with Gasteiger partial charge in [-0.25, -0.2) is 0 Å². The summed E-state index contributed by atoms with van der Waals surface area (Å²) in [5.41, 5.74) is 2.46. The Balaban J connectivity index is 0.00000180. The quantitative estimate of drug-likeness (QED) is 0.731. The number of hydrogen-bond acceptors (Lipinski definition) is 1. The minimum absolute atomic E-state index is 0. The molecule has 0 amide bonds. The van der Waals surface area contributed by atoms with Crippen LogP contribution in [-0.2, 0) is 6.54 Å². The molecule has 2 rings (SSSR count). The van der Waals surface area contributed by atoms with E-state index in [9.17, 15) is 0 Å². The van der Waals surface area contributed by atoms with Crippen molar-refractivity contribution in [1.82, 2.24) is 0 Å². The fourth-order valence-electron chi connectivity index (χ4n) is 1.81. The SMILES string of the molecule is COc1ccc(C[N-][C@@H](C)c2ccccc2)cc1.[Li+]. The van der Waals surface area contributed by atoms with E-state index in [0.29, 0.717) is 0 Å². The molecule has 2 aromatic rings. The predicted octanol–water partition coefficient (Wildman–Crippen LogP) is 1.33. The van der Waals surface area contributed by atoms with Crippen molar-refractivity contribution in [2.75, 3.05) is 7.11 Å². The van der Waals surface area contributed by atoms with Crippen molar-refractivity contribution in [1.29, 1.82) is 0 Å². The molecule has 3 heteroatoms. The average molecular weight is 247 g/mol. The van der Waals surface area contributed by atoms with Crippen LogP contribution < -0.4 is 23.6 Å². The van der Waals surface area contributed by atoms with Crippen LogP contribution in [-0.4, -0.2) is 7.11 Å². The monoisotopic (exact) mass is 247 g/mol. The minimum atomic E-state index is 0. The van der Waals surface area contributed by atoms with Crippen LogP contribution in [0.3, 0.4) is 0 Å². The van der Waals surface area contributed by atoms with Gasteiger partial charge in [-0.2, -0.15) is 0 Å². The molecular formula is C16H18LiNO. The van der Waals surface area contributed by atoms with Crippen molar-refractivity contribution in [3.63, 3.8) is 0 Å². The fraction of sp³-hybridized carbons (Fsp3) is 0.250. The molecule has 94 valence electrons. The number of benzene rings is 2. The van der Waals surface area contributed by atoms with Crippen LogP contribution in [0.25, 0.3) is 5.32 Å². The summed E-state index contributed by atoms with van der Waals surface area (Å²) < 4.78 is 5.13. The summed E-state index contributed by atoms with van der Waals surface area (Å²) in [6, 6.07) is 18.6. The second kappa shape index (κ2) is 8.07. The van der Waals surface area contributed by atoms with Gasteiger partial charge in [-0.05, 0) is 12.1 Å². The van der Waals surface area contributed by atoms with Crippen molar-refractivity contribution >= 4 is 0 Å². The zero-order valence-electron chi connectivity index (χ0n) is 11.8. The van der Waals surface area contributed by atoms with Gasteiger partial charge in [-0.1, -0.05) is 60.5 Å². The normalized spacial score (nSPS) is 11.5. The van der Waals surface area contributed by atoms with Gasteiger partial charge in [0.1, 0.15) is 5.75 Å². The third-order valence-corrected chi connectivity index (χ3v) is 2.99. The van der Waals surface area contributed by atoms with Gasteiger partial charge in [-0.3, -0.25) is 0 Å². The molecule has 19 heavy (non-hydrogen) atoms. The van der Waals surface area contributed by atoms with Crippen LogP contribution >= 0.6 is 0 Å². The summed E-state index contributed by atoms with van der Waals surface area (Å²) in [5, 5.41) is 4.68. The molecule has 0 aliphatic rings. The van der Waals surface area contributed by atoms with Crippen LogP contribution in [0.4, 0.5) is 0 Å². The number of hydrogen-bond donors (Lipinski definition) is 0. The summed E-state index contributed by atoms with van der Waals surface area (Å²) >= 11 is 0. The van der Waals surface area contributed by atoms with Crippen molar-refractivity contribution < 1.29 is 23.6 Å². The summed E-state index contributed by atoms with van der Waals surface area (Å²) in [4.78, 5) is 0. The van der Waals surface area contributed by atoms with Gasteiger partial charge in [0.2, 0.25) is 0 Å². The molecule has 1 atom stereocenters. The second-order valence-corrected chi connectivity index (χ2v) is 4.28. The van der Waals surface area contributed by atoms with Crippen molar-refractivity contribution in [2.45, 2.75) is 19.5 Å². The van der Waals surface area contributed by atoms with Crippen LogP contribution in [0.15, 0.2) is 54.6 Å². The van der Waals surface area contributed by atoms with Gasteiger partial charge in [0.15, 0.2) is 0 Å². The summed E-state index contributed by atoms with van der Waals surface area (Å²) in [6.07, 6.45) is 0. The molecular weight excluding hydrogens is 229 g/mol. The third kappa shape index (κ3) is 4.76. The molecule has 0 spiro atoms. The molecule has 0 unspecified atom stereocenters. The first-order chi connectivity index (χ1) is 8.79. The van der Waals surface area contributed by atoms with Crippen LogP contribution in [0.1, 0.15) is 24.1 Å².